The molecule has 1 aromatic heterocycles. The number of methoxy groups -OCH3 is 1. The summed E-state index contributed by atoms with van der Waals surface area (Å²) in [6, 6.07) is 35.7. The fourth-order valence-corrected chi connectivity index (χ4v) is 4.33. The Morgan fingerprint density at radius 3 is 1.88 bits per heavy atom. The van der Waals surface area contributed by atoms with Gasteiger partial charge in [-0.05, 0) is 34.9 Å². The normalized spacial score (nSPS) is 11.8. The Morgan fingerprint density at radius 1 is 0.697 bits per heavy atom. The van der Waals surface area contributed by atoms with Gasteiger partial charge < -0.3 is 14.8 Å². The average Bonchev–Trinajstić information content (AvgIpc) is 3.27. The van der Waals surface area contributed by atoms with Gasteiger partial charge >= 0.3 is 0 Å². The quantitative estimate of drug-likeness (QED) is 0.317. The highest BCUT2D eigenvalue weighted by atomic mass is 16.5. The predicted octanol–water partition coefficient (Wildman–Crippen LogP) is 6.63. The molecule has 0 aliphatic rings. The number of fused-ring (bicyclic) bond motifs is 1. The van der Waals surface area contributed by atoms with Crippen LogP contribution in [0.4, 0.5) is 0 Å². The van der Waals surface area contributed by atoms with E-state index in [1.54, 1.807) is 7.11 Å². The van der Waals surface area contributed by atoms with Crippen LogP contribution in [-0.2, 0) is 5.60 Å². The second-order valence-corrected chi connectivity index (χ2v) is 8.01. The van der Waals surface area contributed by atoms with Crippen molar-refractivity contribution in [1.29, 1.82) is 0 Å². The second kappa shape index (κ2) is 8.81. The van der Waals surface area contributed by atoms with Gasteiger partial charge in [-0.3, -0.25) is 0 Å². The molecule has 0 aliphatic heterocycles. The first-order valence-electron chi connectivity index (χ1n) is 11.0. The maximum Gasteiger partial charge on any atom is 0.155 e. The summed E-state index contributed by atoms with van der Waals surface area (Å²) >= 11 is 0. The van der Waals surface area contributed by atoms with Crippen molar-refractivity contribution in [2.45, 2.75) is 5.60 Å². The van der Waals surface area contributed by atoms with Gasteiger partial charge in [0.1, 0.15) is 5.75 Å². The molecule has 3 nitrogen and oxygen atoms in total. The number of benzene rings is 4. The van der Waals surface area contributed by atoms with Crippen molar-refractivity contribution in [2.24, 2.45) is 0 Å². The van der Waals surface area contributed by atoms with E-state index in [9.17, 15) is 5.11 Å². The molecule has 5 aromatic rings. The lowest BCUT2D eigenvalue weighted by Gasteiger charge is -2.29. The number of aromatic amines is 1. The number of para-hydroxylation sites is 1. The van der Waals surface area contributed by atoms with E-state index in [0.29, 0.717) is 0 Å². The van der Waals surface area contributed by atoms with Crippen LogP contribution in [0.1, 0.15) is 27.9 Å². The van der Waals surface area contributed by atoms with E-state index >= 15 is 0 Å². The molecule has 3 heteroatoms. The minimum atomic E-state index is -1.35. The van der Waals surface area contributed by atoms with Gasteiger partial charge in [0.25, 0.3) is 0 Å². The van der Waals surface area contributed by atoms with Crippen molar-refractivity contribution in [3.8, 4) is 5.75 Å². The average molecular weight is 432 g/mol. The maximum absolute atomic E-state index is 12.4. The van der Waals surface area contributed by atoms with Crippen LogP contribution in [0.2, 0.25) is 0 Å². The Morgan fingerprint density at radius 2 is 1.27 bits per heavy atom. The predicted molar refractivity (Wildman–Crippen MR) is 135 cm³/mol. The Balaban J connectivity index is 1.73. The molecule has 4 aromatic carbocycles. The van der Waals surface area contributed by atoms with Gasteiger partial charge in [-0.2, -0.15) is 0 Å². The van der Waals surface area contributed by atoms with Gasteiger partial charge in [0.2, 0.25) is 0 Å². The number of rotatable bonds is 6. The Kier molecular flexibility index (Phi) is 5.55. The lowest BCUT2D eigenvalue weighted by Crippen LogP contribution is -2.30. The lowest BCUT2D eigenvalue weighted by atomic mass is 9.81. The van der Waals surface area contributed by atoms with Crippen molar-refractivity contribution in [1.82, 2.24) is 4.98 Å². The second-order valence-electron chi connectivity index (χ2n) is 8.01. The summed E-state index contributed by atoms with van der Waals surface area (Å²) in [6.45, 7) is 0. The zero-order chi connectivity index (χ0) is 22.7. The number of nitrogens with one attached hydrogen (secondary N) is 1. The number of hydrogen-bond acceptors (Lipinski definition) is 2. The molecule has 0 aliphatic carbocycles. The molecule has 0 unspecified atom stereocenters. The zero-order valence-corrected chi connectivity index (χ0v) is 18.4. The molecule has 0 saturated heterocycles. The summed E-state index contributed by atoms with van der Waals surface area (Å²) in [7, 11) is 1.66. The largest absolute Gasteiger partial charge is 0.497 e. The van der Waals surface area contributed by atoms with Crippen LogP contribution in [0.5, 0.6) is 5.75 Å². The molecule has 33 heavy (non-hydrogen) atoms. The molecule has 162 valence electrons. The minimum Gasteiger partial charge on any atom is -0.497 e. The molecular formula is C30H25NO2. The molecule has 0 saturated carbocycles. The maximum atomic E-state index is 12.4. The van der Waals surface area contributed by atoms with Crippen LogP contribution < -0.4 is 4.74 Å². The van der Waals surface area contributed by atoms with E-state index in [2.05, 4.69) is 23.2 Å². The van der Waals surface area contributed by atoms with Gasteiger partial charge in [-0.15, -0.1) is 0 Å². The van der Waals surface area contributed by atoms with Crippen LogP contribution in [0, 0.1) is 0 Å². The van der Waals surface area contributed by atoms with Crippen LogP contribution in [0.15, 0.2) is 109 Å². The molecule has 0 bridgehead atoms. The van der Waals surface area contributed by atoms with Crippen LogP contribution in [0.25, 0.3) is 23.1 Å². The van der Waals surface area contributed by atoms with E-state index in [1.807, 2.05) is 103 Å². The number of aromatic nitrogens is 1. The molecule has 0 spiro atoms. The van der Waals surface area contributed by atoms with E-state index in [0.717, 1.165) is 44.6 Å². The van der Waals surface area contributed by atoms with Crippen molar-refractivity contribution >= 4 is 23.1 Å². The molecule has 2 N–H and O–H groups in total. The lowest BCUT2D eigenvalue weighted by molar-refractivity contribution is 0.121. The number of hydrogen-bond donors (Lipinski definition) is 2. The standard InChI is InChI=1S/C30H25NO2/c1-33-25-19-16-22(17-20-25)18-21-27-26-14-8-9-15-28(26)31-29(27)30(32,23-10-4-2-5-11-23)24-12-6-3-7-13-24/h2-21,31-32H,1H3/b21-18+. The third-order valence-corrected chi connectivity index (χ3v) is 6.05. The van der Waals surface area contributed by atoms with Gasteiger partial charge in [0.15, 0.2) is 5.60 Å². The fourth-order valence-electron chi connectivity index (χ4n) is 4.33. The fraction of sp³-hybridized carbons (Fsp3) is 0.0667. The summed E-state index contributed by atoms with van der Waals surface area (Å²) < 4.78 is 5.28. The highest BCUT2D eigenvalue weighted by Crippen LogP contribution is 2.41. The Labute approximate surface area is 193 Å². The zero-order valence-electron chi connectivity index (χ0n) is 18.4. The van der Waals surface area contributed by atoms with Crippen molar-refractivity contribution in [2.75, 3.05) is 7.11 Å². The van der Waals surface area contributed by atoms with E-state index in [4.69, 9.17) is 4.74 Å². The van der Waals surface area contributed by atoms with Crippen LogP contribution in [0.3, 0.4) is 0 Å². The number of ether oxygens (including phenoxy) is 1. The first-order chi connectivity index (χ1) is 16.2. The van der Waals surface area contributed by atoms with Crippen LogP contribution in [-0.4, -0.2) is 17.2 Å². The van der Waals surface area contributed by atoms with Crippen molar-refractivity contribution in [3.63, 3.8) is 0 Å². The topological polar surface area (TPSA) is 45.2 Å². The molecule has 1 heterocycles. The highest BCUT2D eigenvalue weighted by molar-refractivity contribution is 5.94. The molecule has 0 atom stereocenters. The monoisotopic (exact) mass is 431 g/mol. The molecular weight excluding hydrogens is 406 g/mol. The summed E-state index contributed by atoms with van der Waals surface area (Å²) in [4.78, 5) is 3.54. The third-order valence-electron chi connectivity index (χ3n) is 6.05. The van der Waals surface area contributed by atoms with Gasteiger partial charge in [-0.1, -0.05) is 103 Å². The molecule has 5 rings (SSSR count). The van der Waals surface area contributed by atoms with Crippen molar-refractivity contribution in [3.05, 3.63) is 137 Å². The molecule has 0 radical (unpaired) electrons. The van der Waals surface area contributed by atoms with E-state index in [1.165, 1.54) is 0 Å². The van der Waals surface area contributed by atoms with Gasteiger partial charge in [-0.25, -0.2) is 0 Å². The van der Waals surface area contributed by atoms with E-state index in [-0.39, 0.29) is 0 Å². The first kappa shape index (κ1) is 20.8. The van der Waals surface area contributed by atoms with Crippen molar-refractivity contribution < 1.29 is 9.84 Å². The summed E-state index contributed by atoms with van der Waals surface area (Å²) in [5.41, 5.74) is 3.99. The third kappa shape index (κ3) is 3.84. The summed E-state index contributed by atoms with van der Waals surface area (Å²) in [5, 5.41) is 13.4. The van der Waals surface area contributed by atoms with E-state index < -0.39 is 5.60 Å². The SMILES string of the molecule is COc1ccc(/C=C/c2c(C(O)(c3ccccc3)c3ccccc3)[nH]c3ccccc23)cc1. The molecule has 0 amide bonds. The molecule has 0 fully saturated rings. The smallest absolute Gasteiger partial charge is 0.155 e. The Hall–Kier alpha value is -4.08. The highest BCUT2D eigenvalue weighted by Gasteiger charge is 2.37. The number of H-pyrrole nitrogens is 1. The summed E-state index contributed by atoms with van der Waals surface area (Å²) in [6.07, 6.45) is 4.14. The van der Waals surface area contributed by atoms with Crippen LogP contribution >= 0.6 is 0 Å². The summed E-state index contributed by atoms with van der Waals surface area (Å²) in [5.74, 6) is 0.822. The number of aliphatic hydroxyl groups is 1. The van der Waals surface area contributed by atoms with Gasteiger partial charge in [0.05, 0.1) is 12.8 Å². The minimum absolute atomic E-state index is 0.742. The first-order valence-corrected chi connectivity index (χ1v) is 11.0. The Bertz CT molecular complexity index is 1340. The van der Waals surface area contributed by atoms with Gasteiger partial charge in [0, 0.05) is 16.5 Å².